The van der Waals surface area contributed by atoms with Gasteiger partial charge >= 0.3 is 0 Å². The Labute approximate surface area is 188 Å². The summed E-state index contributed by atoms with van der Waals surface area (Å²) in [4.78, 5) is 24.1. The van der Waals surface area contributed by atoms with Crippen LogP contribution in [0, 0.1) is 22.9 Å². The summed E-state index contributed by atoms with van der Waals surface area (Å²) in [6.07, 6.45) is 1.01. The van der Waals surface area contributed by atoms with Crippen molar-refractivity contribution in [2.75, 3.05) is 16.3 Å². The molecule has 0 aliphatic heterocycles. The highest BCUT2D eigenvalue weighted by Gasteiger charge is 2.19. The van der Waals surface area contributed by atoms with Crippen molar-refractivity contribution in [1.82, 2.24) is 0 Å². The number of halogens is 1. The fraction of sp³-hybridized carbons (Fsp3) is 0.0952. The average Bonchev–Trinajstić information content (AvgIpc) is 2.71. The lowest BCUT2D eigenvalue weighted by molar-refractivity contribution is -0.384. The summed E-state index contributed by atoms with van der Waals surface area (Å²) in [5, 5.41) is 13.8. The quantitative estimate of drug-likeness (QED) is 0.374. The van der Waals surface area contributed by atoms with Gasteiger partial charge in [-0.15, -0.1) is 0 Å². The number of benzene rings is 3. The monoisotopic (exact) mass is 475 g/mol. The highest BCUT2D eigenvalue weighted by molar-refractivity contribution is 7.99. The van der Waals surface area contributed by atoms with Gasteiger partial charge in [0.15, 0.2) is 0 Å². The molecule has 0 aliphatic rings. The van der Waals surface area contributed by atoms with Gasteiger partial charge in [-0.2, -0.15) is 0 Å². The average molecular weight is 476 g/mol. The van der Waals surface area contributed by atoms with Crippen LogP contribution in [0.15, 0.2) is 70.5 Å². The van der Waals surface area contributed by atoms with Crippen LogP contribution in [0.1, 0.15) is 15.9 Å². The van der Waals surface area contributed by atoms with Crippen molar-refractivity contribution in [2.45, 2.75) is 16.7 Å². The lowest BCUT2D eigenvalue weighted by Crippen LogP contribution is -2.15. The molecule has 0 saturated heterocycles. The third kappa shape index (κ3) is 5.83. The molecule has 32 heavy (non-hydrogen) atoms. The number of rotatable bonds is 7. The van der Waals surface area contributed by atoms with E-state index in [-0.39, 0.29) is 27.5 Å². The molecule has 0 radical (unpaired) electrons. The Morgan fingerprint density at radius 1 is 1.06 bits per heavy atom. The van der Waals surface area contributed by atoms with Crippen LogP contribution in [0.2, 0.25) is 0 Å². The van der Waals surface area contributed by atoms with Crippen LogP contribution in [0.25, 0.3) is 0 Å². The van der Waals surface area contributed by atoms with E-state index in [4.69, 9.17) is 0 Å². The van der Waals surface area contributed by atoms with Gasteiger partial charge in [0.1, 0.15) is 5.82 Å². The third-order valence-corrected chi connectivity index (χ3v) is 5.98. The van der Waals surface area contributed by atoms with E-state index in [1.165, 1.54) is 36.4 Å². The molecule has 3 aromatic carbocycles. The lowest BCUT2D eigenvalue weighted by Gasteiger charge is -2.13. The van der Waals surface area contributed by atoms with Gasteiger partial charge in [0.05, 0.1) is 22.4 Å². The Morgan fingerprint density at radius 2 is 1.78 bits per heavy atom. The minimum Gasteiger partial charge on any atom is -0.322 e. The normalized spacial score (nSPS) is 11.1. The number of sulfonamides is 1. The Balaban J connectivity index is 1.96. The van der Waals surface area contributed by atoms with E-state index in [9.17, 15) is 27.7 Å². The molecular formula is C21H18FN3O5S2. The van der Waals surface area contributed by atoms with Crippen LogP contribution in [-0.4, -0.2) is 25.5 Å². The molecule has 2 N–H and O–H groups in total. The topological polar surface area (TPSA) is 118 Å². The van der Waals surface area contributed by atoms with Crippen LogP contribution in [0.3, 0.4) is 0 Å². The molecule has 166 valence electrons. The molecule has 1 amide bonds. The fourth-order valence-electron chi connectivity index (χ4n) is 2.75. The molecule has 0 bridgehead atoms. The maximum Gasteiger partial charge on any atom is 0.270 e. The predicted molar refractivity (Wildman–Crippen MR) is 121 cm³/mol. The summed E-state index contributed by atoms with van der Waals surface area (Å²) in [5.74, 6) is -1.15. The summed E-state index contributed by atoms with van der Waals surface area (Å²) in [7, 11) is -3.53. The zero-order valence-corrected chi connectivity index (χ0v) is 18.6. The van der Waals surface area contributed by atoms with Crippen molar-refractivity contribution in [2.24, 2.45) is 0 Å². The second-order valence-electron chi connectivity index (χ2n) is 6.83. The number of nitrogens with zero attached hydrogens (tertiary/aromatic N) is 1. The fourth-order valence-corrected chi connectivity index (χ4v) is 4.32. The third-order valence-electron chi connectivity index (χ3n) is 4.27. The molecular weight excluding hydrogens is 457 g/mol. The Kier molecular flexibility index (Phi) is 6.80. The first-order valence-electron chi connectivity index (χ1n) is 9.14. The van der Waals surface area contributed by atoms with E-state index < -0.39 is 26.7 Å². The highest BCUT2D eigenvalue weighted by Crippen LogP contribution is 2.34. The number of carbonyl (C=O) groups excluding carboxylic acids is 1. The molecule has 3 rings (SSSR count). The van der Waals surface area contributed by atoms with Gasteiger partial charge in [-0.1, -0.05) is 30.0 Å². The lowest BCUT2D eigenvalue weighted by atomic mass is 10.1. The second-order valence-corrected chi connectivity index (χ2v) is 9.66. The molecule has 0 atom stereocenters. The van der Waals surface area contributed by atoms with Crippen molar-refractivity contribution in [3.8, 4) is 0 Å². The highest BCUT2D eigenvalue weighted by atomic mass is 32.2. The number of hydrogen-bond donors (Lipinski definition) is 2. The van der Waals surface area contributed by atoms with Crippen LogP contribution in [0.4, 0.5) is 21.5 Å². The maximum absolute atomic E-state index is 14.1. The van der Waals surface area contributed by atoms with Crippen LogP contribution < -0.4 is 10.0 Å². The summed E-state index contributed by atoms with van der Waals surface area (Å²) in [5.41, 5.74) is 0.881. The largest absolute Gasteiger partial charge is 0.322 e. The number of anilines is 2. The standard InChI is InChI=1S/C21H18FN3O5S2/c1-13-7-8-14(11-18(13)24-32(2,29)30)23-21(26)16-12-15(25(27)28)9-10-19(16)31-20-6-4-3-5-17(20)22/h3-12,24H,1-2H3,(H,23,26). The van der Waals surface area contributed by atoms with Crippen LogP contribution in [-0.2, 0) is 10.0 Å². The molecule has 0 unspecified atom stereocenters. The number of nitrogens with one attached hydrogen (secondary N) is 2. The number of carbonyl (C=O) groups is 1. The molecule has 0 heterocycles. The van der Waals surface area contributed by atoms with Gasteiger partial charge < -0.3 is 5.32 Å². The molecule has 0 aliphatic carbocycles. The number of non-ortho nitro benzene ring substituents is 1. The van der Waals surface area contributed by atoms with Crippen molar-refractivity contribution in [3.63, 3.8) is 0 Å². The van der Waals surface area contributed by atoms with E-state index in [2.05, 4.69) is 10.0 Å². The van der Waals surface area contributed by atoms with Crippen LogP contribution in [0.5, 0.6) is 0 Å². The maximum atomic E-state index is 14.1. The Hall–Kier alpha value is -3.44. The van der Waals surface area contributed by atoms with Crippen molar-refractivity contribution in [1.29, 1.82) is 0 Å². The summed E-state index contributed by atoms with van der Waals surface area (Å²) in [6, 6.07) is 14.3. The Morgan fingerprint density at radius 3 is 2.44 bits per heavy atom. The van der Waals surface area contributed by atoms with Gasteiger partial charge in [-0.25, -0.2) is 12.8 Å². The smallest absolute Gasteiger partial charge is 0.270 e. The zero-order valence-electron chi connectivity index (χ0n) is 17.0. The van der Waals surface area contributed by atoms with Crippen molar-refractivity contribution in [3.05, 3.63) is 87.7 Å². The first-order chi connectivity index (χ1) is 15.0. The van der Waals surface area contributed by atoms with Gasteiger partial charge in [0.25, 0.3) is 11.6 Å². The number of nitro groups is 1. The van der Waals surface area contributed by atoms with E-state index >= 15 is 0 Å². The number of hydrogen-bond acceptors (Lipinski definition) is 6. The van der Waals surface area contributed by atoms with E-state index in [1.54, 1.807) is 25.1 Å². The summed E-state index contributed by atoms with van der Waals surface area (Å²) < 4.78 is 39.6. The number of aryl methyl sites for hydroxylation is 1. The molecule has 0 fully saturated rings. The van der Waals surface area contributed by atoms with E-state index in [1.807, 2.05) is 0 Å². The molecule has 0 spiro atoms. The molecule has 8 nitrogen and oxygen atoms in total. The molecule has 0 saturated carbocycles. The number of amides is 1. The van der Waals surface area contributed by atoms with Gasteiger partial charge in [-0.05, 0) is 42.8 Å². The van der Waals surface area contributed by atoms with Gasteiger partial charge in [0, 0.05) is 27.6 Å². The second kappa shape index (κ2) is 9.37. The SMILES string of the molecule is Cc1ccc(NC(=O)c2cc([N+](=O)[O-])ccc2Sc2ccccc2F)cc1NS(C)(=O)=O. The first kappa shape index (κ1) is 23.2. The van der Waals surface area contributed by atoms with Crippen LogP contribution >= 0.6 is 11.8 Å². The predicted octanol–water partition coefficient (Wildman–Crippen LogP) is 4.82. The van der Waals surface area contributed by atoms with Crippen molar-refractivity contribution >= 4 is 44.8 Å². The molecule has 11 heteroatoms. The van der Waals surface area contributed by atoms with Gasteiger partial charge in [0.2, 0.25) is 10.0 Å². The molecule has 0 aromatic heterocycles. The first-order valence-corrected chi connectivity index (χ1v) is 11.8. The number of nitro benzene ring substituents is 1. The minimum atomic E-state index is -3.53. The molecule has 3 aromatic rings. The summed E-state index contributed by atoms with van der Waals surface area (Å²) in [6.45, 7) is 1.70. The Bertz CT molecular complexity index is 1310. The van der Waals surface area contributed by atoms with Gasteiger partial charge in [-0.3, -0.25) is 19.6 Å². The summed E-state index contributed by atoms with van der Waals surface area (Å²) >= 11 is 0.964. The van der Waals surface area contributed by atoms with Crippen molar-refractivity contribution < 1.29 is 22.5 Å². The minimum absolute atomic E-state index is 0.0225. The van der Waals surface area contributed by atoms with E-state index in [0.29, 0.717) is 10.5 Å². The zero-order chi connectivity index (χ0) is 23.5. The van der Waals surface area contributed by atoms with E-state index in [0.717, 1.165) is 24.1 Å².